The predicted molar refractivity (Wildman–Crippen MR) is 120 cm³/mol. The van der Waals surface area contributed by atoms with Gasteiger partial charge < -0.3 is 14.6 Å². The quantitative estimate of drug-likeness (QED) is 0.375. The minimum Gasteiger partial charge on any atom is -0.494 e. The lowest BCUT2D eigenvalue weighted by Crippen LogP contribution is -2.21. The van der Waals surface area contributed by atoms with Crippen molar-refractivity contribution in [3.05, 3.63) is 98.5 Å². The van der Waals surface area contributed by atoms with Gasteiger partial charge in [-0.05, 0) is 35.4 Å². The molecule has 0 aliphatic carbocycles. The van der Waals surface area contributed by atoms with Crippen molar-refractivity contribution in [3.8, 4) is 11.6 Å². The summed E-state index contributed by atoms with van der Waals surface area (Å²) in [5.74, 6) is 0.208. The highest BCUT2D eigenvalue weighted by atomic mass is 32.1. The van der Waals surface area contributed by atoms with Crippen LogP contribution in [0.2, 0.25) is 0 Å². The molecular formula is C23H18F3N3O5S. The molecule has 0 radical (unpaired) electrons. The fraction of sp³-hybridized carbons (Fsp3) is 0.174. The number of thiazole rings is 1. The van der Waals surface area contributed by atoms with Crippen molar-refractivity contribution in [2.24, 2.45) is 0 Å². The number of aromatic nitrogens is 3. The summed E-state index contributed by atoms with van der Waals surface area (Å²) in [5, 5.41) is 9.72. The maximum atomic E-state index is 13.2. The molecule has 0 bridgehead atoms. The minimum atomic E-state index is -4.56. The van der Waals surface area contributed by atoms with Crippen LogP contribution in [0.1, 0.15) is 27.7 Å². The molecule has 0 saturated carbocycles. The van der Waals surface area contributed by atoms with E-state index >= 15 is 0 Å². The van der Waals surface area contributed by atoms with Crippen LogP contribution in [0.3, 0.4) is 0 Å². The van der Waals surface area contributed by atoms with Gasteiger partial charge in [0, 0.05) is 18.8 Å². The van der Waals surface area contributed by atoms with E-state index in [4.69, 9.17) is 9.47 Å². The Hall–Kier alpha value is -4.06. The Morgan fingerprint density at radius 1 is 1.20 bits per heavy atom. The average Bonchev–Trinajstić information content (AvgIpc) is 3.47. The van der Waals surface area contributed by atoms with Crippen LogP contribution in [-0.2, 0) is 17.3 Å². The Labute approximate surface area is 200 Å². The number of nitrogens with one attached hydrogen (secondary N) is 1. The number of halogens is 3. The molecule has 4 rings (SSSR count). The number of aromatic amines is 1. The lowest BCUT2D eigenvalue weighted by molar-refractivity contribution is -0.137. The van der Waals surface area contributed by atoms with Gasteiger partial charge in [0.05, 0.1) is 10.4 Å². The molecule has 0 spiro atoms. The lowest BCUT2D eigenvalue weighted by Gasteiger charge is -2.20. The molecule has 0 aliphatic rings. The van der Waals surface area contributed by atoms with Gasteiger partial charge in [0.1, 0.15) is 18.7 Å². The minimum absolute atomic E-state index is 0.114. The summed E-state index contributed by atoms with van der Waals surface area (Å²) >= 11 is 0.905. The molecule has 4 aromatic rings. The summed E-state index contributed by atoms with van der Waals surface area (Å²) in [4.78, 5) is 29.9. The summed E-state index contributed by atoms with van der Waals surface area (Å²) in [6, 6.07) is 11.2. The van der Waals surface area contributed by atoms with E-state index in [1.54, 1.807) is 24.3 Å². The fourth-order valence-electron chi connectivity index (χ4n) is 3.20. The highest BCUT2D eigenvalue weighted by Gasteiger charge is 2.31. The number of carbonyl (C=O) groups is 1. The third-order valence-corrected chi connectivity index (χ3v) is 5.81. The van der Waals surface area contributed by atoms with Gasteiger partial charge in [0.15, 0.2) is 6.10 Å². The number of rotatable bonds is 7. The van der Waals surface area contributed by atoms with Crippen LogP contribution in [0.5, 0.6) is 11.6 Å². The Bertz CT molecular complexity index is 1350. The molecule has 182 valence electrons. The van der Waals surface area contributed by atoms with Crippen LogP contribution in [0.4, 0.5) is 18.0 Å². The van der Waals surface area contributed by atoms with Gasteiger partial charge in [-0.25, -0.2) is 14.3 Å². The number of H-pyrrole nitrogens is 1. The molecule has 0 amide bonds. The zero-order valence-electron chi connectivity index (χ0n) is 17.9. The molecular weight excluding hydrogens is 487 g/mol. The van der Waals surface area contributed by atoms with E-state index in [9.17, 15) is 27.9 Å². The molecule has 2 N–H and O–H groups in total. The normalized spacial score (nSPS) is 12.3. The summed E-state index contributed by atoms with van der Waals surface area (Å²) in [6.45, 7) is -0.249. The first-order valence-electron chi connectivity index (χ1n) is 10.2. The Balaban J connectivity index is 1.49. The molecule has 12 heteroatoms. The molecule has 1 atom stereocenters. The van der Waals surface area contributed by atoms with Crippen molar-refractivity contribution in [1.82, 2.24) is 14.5 Å². The standard InChI is InChI=1S/C23H18F3N3O5S/c24-23(25,26)16-3-1-2-15(11-16)18(34-22(32)29-9-8-27-13-29)12-33-17-6-4-14(5-7-17)10-19-20(30)28-21(31)35-19/h1-9,11,13,18,30H,10,12H2,(H,28,31). The van der Waals surface area contributed by atoms with Crippen LogP contribution < -0.4 is 9.61 Å². The van der Waals surface area contributed by atoms with E-state index in [1.807, 2.05) is 0 Å². The van der Waals surface area contributed by atoms with Crippen molar-refractivity contribution in [1.29, 1.82) is 0 Å². The highest BCUT2D eigenvalue weighted by molar-refractivity contribution is 7.09. The fourth-order valence-corrected chi connectivity index (χ4v) is 3.95. The summed E-state index contributed by atoms with van der Waals surface area (Å²) in [6.07, 6.45) is -2.27. The van der Waals surface area contributed by atoms with Crippen molar-refractivity contribution in [2.45, 2.75) is 18.7 Å². The Morgan fingerprint density at radius 3 is 2.60 bits per heavy atom. The second kappa shape index (κ2) is 10.1. The molecule has 2 heterocycles. The average molecular weight is 505 g/mol. The van der Waals surface area contributed by atoms with Gasteiger partial charge in [-0.15, -0.1) is 0 Å². The third kappa shape index (κ3) is 6.09. The zero-order chi connectivity index (χ0) is 25.0. The molecule has 1 unspecified atom stereocenters. The van der Waals surface area contributed by atoms with Gasteiger partial charge in [-0.3, -0.25) is 9.78 Å². The van der Waals surface area contributed by atoms with Crippen molar-refractivity contribution >= 4 is 17.4 Å². The van der Waals surface area contributed by atoms with Crippen molar-refractivity contribution < 1.29 is 32.5 Å². The molecule has 0 fully saturated rings. The second-order valence-electron chi connectivity index (χ2n) is 7.38. The Morgan fingerprint density at radius 2 is 1.97 bits per heavy atom. The van der Waals surface area contributed by atoms with Crippen LogP contribution in [0, 0.1) is 0 Å². The van der Waals surface area contributed by atoms with Gasteiger partial charge in [-0.1, -0.05) is 35.6 Å². The van der Waals surface area contributed by atoms with Gasteiger partial charge in [0.2, 0.25) is 5.88 Å². The van der Waals surface area contributed by atoms with Crippen LogP contribution in [0.15, 0.2) is 72.0 Å². The lowest BCUT2D eigenvalue weighted by atomic mass is 10.1. The molecule has 2 aromatic heterocycles. The van der Waals surface area contributed by atoms with Crippen LogP contribution >= 0.6 is 11.3 Å². The van der Waals surface area contributed by atoms with E-state index < -0.39 is 23.9 Å². The smallest absolute Gasteiger partial charge is 0.419 e. The maximum Gasteiger partial charge on any atom is 0.419 e. The number of ether oxygens (including phenoxy) is 2. The van der Waals surface area contributed by atoms with Crippen molar-refractivity contribution in [2.75, 3.05) is 6.61 Å². The SMILES string of the molecule is O=C(OC(COc1ccc(Cc2sc(=O)[nH]c2O)cc1)c1cccc(C(F)(F)F)c1)n1ccnc1. The monoisotopic (exact) mass is 505 g/mol. The van der Waals surface area contributed by atoms with Gasteiger partial charge in [-0.2, -0.15) is 13.2 Å². The van der Waals surface area contributed by atoms with E-state index in [-0.39, 0.29) is 22.9 Å². The van der Waals surface area contributed by atoms with E-state index in [0.717, 1.165) is 33.6 Å². The van der Waals surface area contributed by atoms with Gasteiger partial charge >= 0.3 is 17.1 Å². The molecule has 8 nitrogen and oxygen atoms in total. The topological polar surface area (TPSA) is 106 Å². The largest absolute Gasteiger partial charge is 0.494 e. The first-order valence-corrected chi connectivity index (χ1v) is 11.0. The molecule has 2 aromatic carbocycles. The Kier molecular flexibility index (Phi) is 6.92. The maximum absolute atomic E-state index is 13.2. The number of hydrogen-bond donors (Lipinski definition) is 2. The summed E-state index contributed by atoms with van der Waals surface area (Å²) in [5.41, 5.74) is 0.0324. The number of nitrogens with zero attached hydrogens (tertiary/aromatic N) is 2. The van der Waals surface area contributed by atoms with Crippen molar-refractivity contribution in [3.63, 3.8) is 0 Å². The first kappa shape index (κ1) is 24.1. The predicted octanol–water partition coefficient (Wildman–Crippen LogP) is 4.75. The molecule has 0 aliphatic heterocycles. The van der Waals surface area contributed by atoms with Crippen LogP contribution in [0.25, 0.3) is 0 Å². The third-order valence-electron chi connectivity index (χ3n) is 4.93. The van der Waals surface area contributed by atoms with E-state index in [0.29, 0.717) is 17.0 Å². The van der Waals surface area contributed by atoms with E-state index in [2.05, 4.69) is 9.97 Å². The van der Waals surface area contributed by atoms with E-state index in [1.165, 1.54) is 30.9 Å². The highest BCUT2D eigenvalue weighted by Crippen LogP contribution is 2.32. The number of hydrogen-bond acceptors (Lipinski definition) is 7. The number of imidazole rings is 1. The van der Waals surface area contributed by atoms with Gasteiger partial charge in [0.25, 0.3) is 0 Å². The first-order chi connectivity index (χ1) is 16.7. The number of alkyl halides is 3. The second-order valence-corrected chi connectivity index (χ2v) is 8.45. The molecule has 35 heavy (non-hydrogen) atoms. The zero-order valence-corrected chi connectivity index (χ0v) is 18.7. The summed E-state index contributed by atoms with van der Waals surface area (Å²) in [7, 11) is 0. The number of carbonyl (C=O) groups excluding carboxylic acids is 1. The number of aromatic hydroxyl groups is 1. The summed E-state index contributed by atoms with van der Waals surface area (Å²) < 4.78 is 51.8. The van der Waals surface area contributed by atoms with Crippen LogP contribution in [-0.4, -0.2) is 32.3 Å². The number of benzene rings is 2. The molecule has 0 saturated heterocycles.